The summed E-state index contributed by atoms with van der Waals surface area (Å²) < 4.78 is 7.29. The third kappa shape index (κ3) is 4.93. The summed E-state index contributed by atoms with van der Waals surface area (Å²) >= 11 is 0. The van der Waals surface area contributed by atoms with Crippen LogP contribution in [0.15, 0.2) is 52.2 Å². The summed E-state index contributed by atoms with van der Waals surface area (Å²) in [6.45, 7) is 7.86. The Labute approximate surface area is 158 Å². The van der Waals surface area contributed by atoms with E-state index in [4.69, 9.17) is 4.52 Å². The van der Waals surface area contributed by atoms with Crippen LogP contribution in [0.4, 0.5) is 0 Å². The highest BCUT2D eigenvalue weighted by Gasteiger charge is 2.09. The van der Waals surface area contributed by atoms with E-state index in [1.54, 1.807) is 6.33 Å². The van der Waals surface area contributed by atoms with E-state index in [1.807, 2.05) is 47.9 Å². The Kier molecular flexibility index (Phi) is 6.19. The number of guanidine groups is 1. The van der Waals surface area contributed by atoms with Crippen LogP contribution in [-0.4, -0.2) is 32.4 Å². The van der Waals surface area contributed by atoms with Gasteiger partial charge in [0.25, 0.3) is 0 Å². The highest BCUT2D eigenvalue weighted by Crippen LogP contribution is 2.14. The molecule has 27 heavy (non-hydrogen) atoms. The van der Waals surface area contributed by atoms with E-state index in [0.29, 0.717) is 25.0 Å². The molecule has 0 radical (unpaired) electrons. The molecule has 1 aromatic carbocycles. The monoisotopic (exact) mass is 367 g/mol. The zero-order valence-electron chi connectivity index (χ0n) is 15.9. The molecule has 0 fully saturated rings. The lowest BCUT2D eigenvalue weighted by Gasteiger charge is -2.10. The Morgan fingerprint density at radius 3 is 2.74 bits per heavy atom. The van der Waals surface area contributed by atoms with Crippen LogP contribution in [0.25, 0.3) is 5.69 Å². The van der Waals surface area contributed by atoms with Gasteiger partial charge in [-0.3, -0.25) is 4.57 Å². The average molecular weight is 367 g/mol. The van der Waals surface area contributed by atoms with Gasteiger partial charge in [-0.25, -0.2) is 4.99 Å². The molecular weight excluding hydrogens is 342 g/mol. The summed E-state index contributed by atoms with van der Waals surface area (Å²) in [5.74, 6) is 2.56. The Morgan fingerprint density at radius 2 is 2.04 bits per heavy atom. The van der Waals surface area contributed by atoms with E-state index in [-0.39, 0.29) is 0 Å². The van der Waals surface area contributed by atoms with Gasteiger partial charge in [0.05, 0.1) is 12.2 Å². The van der Waals surface area contributed by atoms with Gasteiger partial charge in [-0.2, -0.15) is 0 Å². The molecule has 0 saturated heterocycles. The van der Waals surface area contributed by atoms with Crippen molar-refractivity contribution in [1.29, 1.82) is 0 Å². The second-order valence-electron chi connectivity index (χ2n) is 6.37. The van der Waals surface area contributed by atoms with Crippen molar-refractivity contribution in [3.05, 3.63) is 60.0 Å². The molecule has 0 unspecified atom stereocenters. The lowest BCUT2D eigenvalue weighted by atomic mass is 10.1. The van der Waals surface area contributed by atoms with Crippen LogP contribution in [0.2, 0.25) is 0 Å². The van der Waals surface area contributed by atoms with E-state index in [2.05, 4.69) is 44.8 Å². The van der Waals surface area contributed by atoms with Gasteiger partial charge >= 0.3 is 0 Å². The lowest BCUT2D eigenvalue weighted by molar-refractivity contribution is 0.372. The molecule has 8 nitrogen and oxygen atoms in total. The average Bonchev–Trinajstić information content (AvgIpc) is 3.34. The SMILES string of the molecule is CCNC(=NCc1nncn1-c1ccccc1)NCc1cc(C(C)C)no1. The zero-order chi connectivity index (χ0) is 19.1. The zero-order valence-corrected chi connectivity index (χ0v) is 15.9. The fraction of sp³-hybridized carbons (Fsp3) is 0.368. The number of para-hydroxylation sites is 1. The van der Waals surface area contributed by atoms with Gasteiger partial charge in [-0.05, 0) is 25.0 Å². The molecule has 3 aromatic rings. The van der Waals surface area contributed by atoms with E-state index in [0.717, 1.165) is 29.5 Å². The number of benzene rings is 1. The molecule has 0 aliphatic carbocycles. The number of hydrogen-bond donors (Lipinski definition) is 2. The largest absolute Gasteiger partial charge is 0.359 e. The summed E-state index contributed by atoms with van der Waals surface area (Å²) in [7, 11) is 0. The first-order chi connectivity index (χ1) is 13.2. The maximum Gasteiger partial charge on any atom is 0.192 e. The molecule has 0 saturated carbocycles. The van der Waals surface area contributed by atoms with Gasteiger partial charge in [-0.15, -0.1) is 10.2 Å². The van der Waals surface area contributed by atoms with Gasteiger partial charge in [0.2, 0.25) is 0 Å². The van der Waals surface area contributed by atoms with Crippen molar-refractivity contribution in [2.75, 3.05) is 6.54 Å². The van der Waals surface area contributed by atoms with Crippen molar-refractivity contribution >= 4 is 5.96 Å². The number of rotatable bonds is 7. The highest BCUT2D eigenvalue weighted by molar-refractivity contribution is 5.79. The summed E-state index contributed by atoms with van der Waals surface area (Å²) in [5, 5.41) is 18.8. The van der Waals surface area contributed by atoms with Crippen molar-refractivity contribution in [1.82, 2.24) is 30.6 Å². The minimum Gasteiger partial charge on any atom is -0.359 e. The van der Waals surface area contributed by atoms with Crippen molar-refractivity contribution in [3.63, 3.8) is 0 Å². The van der Waals surface area contributed by atoms with Crippen LogP contribution >= 0.6 is 0 Å². The molecular formula is C19H25N7O. The molecule has 8 heteroatoms. The van der Waals surface area contributed by atoms with Gasteiger partial charge in [0, 0.05) is 18.3 Å². The molecule has 0 atom stereocenters. The van der Waals surface area contributed by atoms with E-state index in [1.165, 1.54) is 0 Å². The van der Waals surface area contributed by atoms with Crippen LogP contribution in [0, 0.1) is 0 Å². The number of nitrogens with one attached hydrogen (secondary N) is 2. The lowest BCUT2D eigenvalue weighted by Crippen LogP contribution is -2.36. The Bertz CT molecular complexity index is 867. The van der Waals surface area contributed by atoms with E-state index in [9.17, 15) is 0 Å². The summed E-state index contributed by atoms with van der Waals surface area (Å²) in [4.78, 5) is 4.61. The molecule has 3 rings (SSSR count). The molecule has 2 heterocycles. The fourth-order valence-electron chi connectivity index (χ4n) is 2.52. The minimum absolute atomic E-state index is 0.341. The van der Waals surface area contributed by atoms with Crippen LogP contribution in [-0.2, 0) is 13.1 Å². The first-order valence-electron chi connectivity index (χ1n) is 9.09. The molecule has 142 valence electrons. The smallest absolute Gasteiger partial charge is 0.192 e. The normalized spacial score (nSPS) is 11.8. The van der Waals surface area contributed by atoms with Crippen LogP contribution < -0.4 is 10.6 Å². The Morgan fingerprint density at radius 1 is 1.22 bits per heavy atom. The molecule has 0 aliphatic heterocycles. The number of aliphatic imine (C=N–C) groups is 1. The number of hydrogen-bond acceptors (Lipinski definition) is 5. The Hall–Kier alpha value is -3.16. The molecule has 0 aliphatic rings. The third-order valence-corrected chi connectivity index (χ3v) is 3.97. The first kappa shape index (κ1) is 18.6. The Balaban J connectivity index is 1.66. The first-order valence-corrected chi connectivity index (χ1v) is 9.09. The number of nitrogens with zero attached hydrogens (tertiary/aromatic N) is 5. The molecule has 0 amide bonds. The molecule has 0 spiro atoms. The van der Waals surface area contributed by atoms with Crippen LogP contribution in [0.3, 0.4) is 0 Å². The van der Waals surface area contributed by atoms with E-state index < -0.39 is 0 Å². The fourth-order valence-corrected chi connectivity index (χ4v) is 2.52. The van der Waals surface area contributed by atoms with Crippen LogP contribution in [0.5, 0.6) is 0 Å². The standard InChI is InChI=1S/C19H25N7O/c1-4-20-19(21-11-16-10-17(14(2)3)25-27-16)22-12-18-24-23-13-26(18)15-8-6-5-7-9-15/h5-10,13-14H,4,11-12H2,1-3H3,(H2,20,21,22). The quantitative estimate of drug-likeness (QED) is 0.493. The highest BCUT2D eigenvalue weighted by atomic mass is 16.5. The second kappa shape index (κ2) is 8.98. The predicted molar refractivity (Wildman–Crippen MR) is 104 cm³/mol. The van der Waals surface area contributed by atoms with Crippen LogP contribution in [0.1, 0.15) is 44.0 Å². The summed E-state index contributed by atoms with van der Waals surface area (Å²) in [6.07, 6.45) is 1.70. The number of aromatic nitrogens is 4. The molecule has 0 bridgehead atoms. The summed E-state index contributed by atoms with van der Waals surface area (Å²) in [5.41, 5.74) is 1.96. The van der Waals surface area contributed by atoms with Gasteiger partial charge in [0.15, 0.2) is 17.5 Å². The van der Waals surface area contributed by atoms with Gasteiger partial charge < -0.3 is 15.2 Å². The second-order valence-corrected chi connectivity index (χ2v) is 6.37. The minimum atomic E-state index is 0.341. The maximum atomic E-state index is 5.36. The van der Waals surface area contributed by atoms with Crippen molar-refractivity contribution in [2.24, 2.45) is 4.99 Å². The van der Waals surface area contributed by atoms with Crippen molar-refractivity contribution in [3.8, 4) is 5.69 Å². The van der Waals surface area contributed by atoms with Crippen molar-refractivity contribution in [2.45, 2.75) is 39.8 Å². The van der Waals surface area contributed by atoms with E-state index >= 15 is 0 Å². The topological polar surface area (TPSA) is 93.2 Å². The van der Waals surface area contributed by atoms with Crippen molar-refractivity contribution < 1.29 is 4.52 Å². The van der Waals surface area contributed by atoms with Gasteiger partial charge in [-0.1, -0.05) is 37.2 Å². The molecule has 2 N–H and O–H groups in total. The third-order valence-electron chi connectivity index (χ3n) is 3.97. The van der Waals surface area contributed by atoms with Gasteiger partial charge in [0.1, 0.15) is 12.9 Å². The molecule has 2 aromatic heterocycles. The predicted octanol–water partition coefficient (Wildman–Crippen LogP) is 2.63. The summed E-state index contributed by atoms with van der Waals surface area (Å²) in [6, 6.07) is 11.9. The maximum absolute atomic E-state index is 5.36.